The van der Waals surface area contributed by atoms with E-state index in [1.807, 2.05) is 6.92 Å². The van der Waals surface area contributed by atoms with E-state index in [-0.39, 0.29) is 22.1 Å². The molecule has 29 heavy (non-hydrogen) atoms. The van der Waals surface area contributed by atoms with Gasteiger partial charge in [-0.15, -0.1) is 0 Å². The Morgan fingerprint density at radius 1 is 0.690 bits per heavy atom. The maximum Gasteiger partial charge on any atom is 0.195 e. The minimum absolute atomic E-state index is 0.00666. The summed E-state index contributed by atoms with van der Waals surface area (Å²) in [5.74, 6) is -0.311. The van der Waals surface area contributed by atoms with Crippen molar-refractivity contribution in [3.8, 4) is 0 Å². The smallest absolute Gasteiger partial charge is 0.195 e. The van der Waals surface area contributed by atoms with Crippen LogP contribution in [0.4, 0.5) is 0 Å². The van der Waals surface area contributed by atoms with Gasteiger partial charge in [-0.05, 0) is 54.3 Å². The average Bonchev–Trinajstić information content (AvgIpc) is 2.73. The molecule has 0 saturated carbocycles. The summed E-state index contributed by atoms with van der Waals surface area (Å²) in [6.07, 6.45) is -0.0733. The zero-order chi connectivity index (χ0) is 21.1. The van der Waals surface area contributed by atoms with Crippen LogP contribution in [0.5, 0.6) is 0 Å². The molecule has 0 N–H and O–H groups in total. The number of halogens is 1. The number of benzene rings is 3. The highest BCUT2D eigenvalue weighted by atomic mass is 35.5. The van der Waals surface area contributed by atoms with Crippen LogP contribution in [-0.2, 0) is 19.7 Å². The fraction of sp³-hybridized carbons (Fsp3) is 0.182. The van der Waals surface area contributed by atoms with Gasteiger partial charge in [-0.3, -0.25) is 0 Å². The molecule has 7 heteroatoms. The zero-order valence-corrected chi connectivity index (χ0v) is 18.2. The standard InChI is InChI=1S/C22H21ClO4S2/c1-17(18-12-14-19(23)15-13-18)16-22(28(24,25)20-8-4-2-5-9-20)29(26,27)21-10-6-3-7-11-21/h2-15,17,22H,16H2,1H3. The summed E-state index contributed by atoms with van der Waals surface area (Å²) in [5.41, 5.74) is 0.825. The largest absolute Gasteiger partial charge is 0.222 e. The molecule has 3 rings (SSSR count). The lowest BCUT2D eigenvalue weighted by Gasteiger charge is -2.22. The van der Waals surface area contributed by atoms with Gasteiger partial charge in [-0.2, -0.15) is 0 Å². The first-order valence-electron chi connectivity index (χ1n) is 9.06. The molecule has 0 bridgehead atoms. The van der Waals surface area contributed by atoms with Crippen LogP contribution in [0.2, 0.25) is 5.02 Å². The summed E-state index contributed by atoms with van der Waals surface area (Å²) in [4.78, 5) is -0.0133. The van der Waals surface area contributed by atoms with Gasteiger partial charge in [0.1, 0.15) is 0 Å². The van der Waals surface area contributed by atoms with Gasteiger partial charge >= 0.3 is 0 Å². The van der Waals surface area contributed by atoms with Crippen LogP contribution in [0, 0.1) is 0 Å². The zero-order valence-electron chi connectivity index (χ0n) is 15.8. The molecule has 3 aromatic rings. The lowest BCUT2D eigenvalue weighted by Crippen LogP contribution is -2.32. The van der Waals surface area contributed by atoms with Crippen LogP contribution >= 0.6 is 11.6 Å². The molecule has 0 amide bonds. The normalized spacial score (nSPS) is 13.3. The van der Waals surface area contributed by atoms with Crippen molar-refractivity contribution in [3.63, 3.8) is 0 Å². The van der Waals surface area contributed by atoms with Crippen LogP contribution in [-0.4, -0.2) is 21.4 Å². The van der Waals surface area contributed by atoms with Crippen LogP contribution < -0.4 is 0 Å². The Morgan fingerprint density at radius 3 is 1.52 bits per heavy atom. The van der Waals surface area contributed by atoms with Crippen LogP contribution in [0.3, 0.4) is 0 Å². The van der Waals surface area contributed by atoms with Crippen molar-refractivity contribution in [1.29, 1.82) is 0 Å². The van der Waals surface area contributed by atoms with Gasteiger partial charge in [0.05, 0.1) is 9.79 Å². The van der Waals surface area contributed by atoms with Crippen LogP contribution in [0.25, 0.3) is 0 Å². The third kappa shape index (κ3) is 4.71. The van der Waals surface area contributed by atoms with E-state index in [1.54, 1.807) is 60.7 Å². The first kappa shape index (κ1) is 21.6. The molecule has 3 aromatic carbocycles. The summed E-state index contributed by atoms with van der Waals surface area (Å²) in [6, 6.07) is 22.4. The predicted octanol–water partition coefficient (Wildman–Crippen LogP) is 5.11. The minimum atomic E-state index is -4.13. The van der Waals surface area contributed by atoms with E-state index in [1.165, 1.54) is 24.3 Å². The molecule has 0 radical (unpaired) electrons. The Morgan fingerprint density at radius 2 is 1.10 bits per heavy atom. The number of hydrogen-bond acceptors (Lipinski definition) is 4. The van der Waals surface area contributed by atoms with E-state index < -0.39 is 24.3 Å². The van der Waals surface area contributed by atoms with E-state index in [4.69, 9.17) is 11.6 Å². The monoisotopic (exact) mass is 448 g/mol. The average molecular weight is 449 g/mol. The molecule has 0 aliphatic heterocycles. The molecular formula is C22H21ClO4S2. The second-order valence-electron chi connectivity index (χ2n) is 6.83. The van der Waals surface area contributed by atoms with Crippen molar-refractivity contribution < 1.29 is 16.8 Å². The van der Waals surface area contributed by atoms with E-state index in [9.17, 15) is 16.8 Å². The second-order valence-corrected chi connectivity index (χ2v) is 11.8. The summed E-state index contributed by atoms with van der Waals surface area (Å²) < 4.78 is 51.9. The molecule has 0 heterocycles. The summed E-state index contributed by atoms with van der Waals surface area (Å²) >= 11 is 5.94. The van der Waals surface area contributed by atoms with Gasteiger partial charge < -0.3 is 0 Å². The van der Waals surface area contributed by atoms with Crippen molar-refractivity contribution >= 4 is 31.3 Å². The van der Waals surface area contributed by atoms with Gasteiger partial charge in [0.15, 0.2) is 24.3 Å². The lowest BCUT2D eigenvalue weighted by molar-refractivity contribution is 0.559. The fourth-order valence-corrected chi connectivity index (χ4v) is 8.05. The molecule has 0 aliphatic rings. The quantitative estimate of drug-likeness (QED) is 0.503. The van der Waals surface area contributed by atoms with Crippen molar-refractivity contribution in [3.05, 3.63) is 95.5 Å². The maximum absolute atomic E-state index is 13.4. The van der Waals surface area contributed by atoms with Crippen LogP contribution in [0.15, 0.2) is 94.7 Å². The lowest BCUT2D eigenvalue weighted by atomic mass is 9.99. The van der Waals surface area contributed by atoms with Gasteiger partial charge in [0, 0.05) is 5.02 Å². The minimum Gasteiger partial charge on any atom is -0.222 e. The Kier molecular flexibility index (Phi) is 6.46. The highest BCUT2D eigenvalue weighted by molar-refractivity contribution is 8.09. The first-order chi connectivity index (χ1) is 13.7. The molecule has 0 fully saturated rings. The number of rotatable bonds is 7. The summed E-state index contributed by atoms with van der Waals surface area (Å²) in [6.45, 7) is 1.82. The molecular weight excluding hydrogens is 428 g/mol. The highest BCUT2D eigenvalue weighted by Crippen LogP contribution is 2.33. The SMILES string of the molecule is CC(CC(S(=O)(=O)c1ccccc1)S(=O)(=O)c1ccccc1)c1ccc(Cl)cc1. The van der Waals surface area contributed by atoms with Gasteiger partial charge in [0.2, 0.25) is 0 Å². The van der Waals surface area contributed by atoms with Crippen molar-refractivity contribution in [2.24, 2.45) is 0 Å². The van der Waals surface area contributed by atoms with Gasteiger partial charge in [-0.1, -0.05) is 67.1 Å². The van der Waals surface area contributed by atoms with Gasteiger partial charge in [-0.25, -0.2) is 16.8 Å². The number of hydrogen-bond donors (Lipinski definition) is 0. The van der Waals surface area contributed by atoms with E-state index >= 15 is 0 Å². The van der Waals surface area contributed by atoms with E-state index in [2.05, 4.69) is 0 Å². The maximum atomic E-state index is 13.4. The molecule has 1 atom stereocenters. The molecule has 0 spiro atoms. The van der Waals surface area contributed by atoms with E-state index in [0.717, 1.165) is 5.56 Å². The fourth-order valence-electron chi connectivity index (χ4n) is 3.16. The van der Waals surface area contributed by atoms with Crippen molar-refractivity contribution in [2.75, 3.05) is 0 Å². The molecule has 0 aliphatic carbocycles. The van der Waals surface area contributed by atoms with E-state index in [0.29, 0.717) is 5.02 Å². The predicted molar refractivity (Wildman–Crippen MR) is 116 cm³/mol. The first-order valence-corrected chi connectivity index (χ1v) is 12.5. The van der Waals surface area contributed by atoms with Crippen LogP contribution in [0.1, 0.15) is 24.8 Å². The molecule has 4 nitrogen and oxygen atoms in total. The topological polar surface area (TPSA) is 68.3 Å². The molecule has 0 saturated heterocycles. The van der Waals surface area contributed by atoms with Crippen molar-refractivity contribution in [1.82, 2.24) is 0 Å². The Balaban J connectivity index is 2.08. The molecule has 152 valence electrons. The number of sulfone groups is 2. The summed E-state index contributed by atoms with van der Waals surface area (Å²) in [5, 5.41) is 0.561. The Labute approximate surface area is 177 Å². The highest BCUT2D eigenvalue weighted by Gasteiger charge is 2.40. The molecule has 0 aromatic heterocycles. The third-order valence-electron chi connectivity index (χ3n) is 4.82. The second kappa shape index (κ2) is 8.69. The Hall–Kier alpha value is -2.15. The van der Waals surface area contributed by atoms with Gasteiger partial charge in [0.25, 0.3) is 0 Å². The third-order valence-corrected chi connectivity index (χ3v) is 10.2. The van der Waals surface area contributed by atoms with Crippen molar-refractivity contribution in [2.45, 2.75) is 33.6 Å². The molecule has 1 unspecified atom stereocenters. The summed E-state index contributed by atoms with van der Waals surface area (Å²) in [7, 11) is -8.26. The Bertz CT molecular complexity index is 1090.